The average Bonchev–Trinajstić information content (AvgIpc) is 2.46. The average molecular weight is 276 g/mol. The second-order valence-electron chi connectivity index (χ2n) is 5.78. The smallest absolute Gasteiger partial charge is 0.251 e. The number of hydrogen-bond donors (Lipinski definition) is 1. The molecule has 1 unspecified atom stereocenters. The molecule has 1 aromatic rings. The van der Waals surface area contributed by atoms with Gasteiger partial charge >= 0.3 is 0 Å². The molecule has 110 valence electrons. The fraction of sp³-hybridized carbons (Fsp3) is 0.562. The molecule has 1 aromatic carbocycles. The van der Waals surface area contributed by atoms with Gasteiger partial charge < -0.3 is 15.0 Å². The fourth-order valence-corrected chi connectivity index (χ4v) is 2.88. The fourth-order valence-electron chi connectivity index (χ4n) is 2.88. The standard InChI is InChI=1S/C16H24N2O2/c1-5-16(8-9-18(2)3)11-17-15(19)13-7-6-12(20-4)10-14(13)16/h6-7,10H,5,8-9,11H2,1-4H3,(H,17,19). The van der Waals surface area contributed by atoms with Crippen LogP contribution < -0.4 is 10.1 Å². The molecule has 0 radical (unpaired) electrons. The van der Waals surface area contributed by atoms with Gasteiger partial charge in [-0.1, -0.05) is 6.92 Å². The minimum absolute atomic E-state index is 0.00204. The van der Waals surface area contributed by atoms with Gasteiger partial charge in [-0.05, 0) is 57.2 Å². The van der Waals surface area contributed by atoms with E-state index in [9.17, 15) is 4.79 Å². The van der Waals surface area contributed by atoms with Gasteiger partial charge in [0.25, 0.3) is 5.91 Å². The number of methoxy groups -OCH3 is 1. The van der Waals surface area contributed by atoms with Crippen LogP contribution in [0.1, 0.15) is 35.7 Å². The first-order valence-corrected chi connectivity index (χ1v) is 7.14. The predicted octanol–water partition coefficient (Wildman–Crippen LogP) is 2.04. The molecule has 0 saturated heterocycles. The van der Waals surface area contributed by atoms with Crippen molar-refractivity contribution in [1.29, 1.82) is 0 Å². The molecule has 1 aliphatic heterocycles. The molecule has 0 saturated carbocycles. The molecule has 0 fully saturated rings. The monoisotopic (exact) mass is 276 g/mol. The largest absolute Gasteiger partial charge is 0.497 e. The minimum atomic E-state index is 0.00204. The number of nitrogens with one attached hydrogen (secondary N) is 1. The Morgan fingerprint density at radius 3 is 2.75 bits per heavy atom. The van der Waals surface area contributed by atoms with Crippen LogP contribution in [-0.4, -0.2) is 45.1 Å². The van der Waals surface area contributed by atoms with E-state index in [1.54, 1.807) is 7.11 Å². The van der Waals surface area contributed by atoms with Crippen molar-refractivity contribution in [3.8, 4) is 5.75 Å². The topological polar surface area (TPSA) is 41.6 Å². The molecule has 4 heteroatoms. The highest BCUT2D eigenvalue weighted by molar-refractivity contribution is 5.97. The molecule has 2 rings (SSSR count). The quantitative estimate of drug-likeness (QED) is 0.895. The third-order valence-corrected chi connectivity index (χ3v) is 4.34. The van der Waals surface area contributed by atoms with Gasteiger partial charge in [0.2, 0.25) is 0 Å². The highest BCUT2D eigenvalue weighted by Crippen LogP contribution is 2.38. The van der Waals surface area contributed by atoms with E-state index in [0.717, 1.165) is 36.3 Å². The first-order valence-electron chi connectivity index (χ1n) is 7.14. The zero-order valence-electron chi connectivity index (χ0n) is 12.8. The number of amides is 1. The predicted molar refractivity (Wildman–Crippen MR) is 80.5 cm³/mol. The number of nitrogens with zero attached hydrogens (tertiary/aromatic N) is 1. The molecule has 0 aromatic heterocycles. The van der Waals surface area contributed by atoms with E-state index in [2.05, 4.69) is 31.2 Å². The number of rotatable bonds is 5. The van der Waals surface area contributed by atoms with E-state index >= 15 is 0 Å². The van der Waals surface area contributed by atoms with Gasteiger partial charge in [-0.3, -0.25) is 4.79 Å². The highest BCUT2D eigenvalue weighted by Gasteiger charge is 2.38. The third kappa shape index (κ3) is 2.66. The van der Waals surface area contributed by atoms with E-state index in [0.29, 0.717) is 6.54 Å². The van der Waals surface area contributed by atoms with Crippen LogP contribution in [-0.2, 0) is 5.41 Å². The Labute approximate surface area is 121 Å². The molecule has 1 amide bonds. The molecule has 20 heavy (non-hydrogen) atoms. The molecule has 1 heterocycles. The molecule has 4 nitrogen and oxygen atoms in total. The summed E-state index contributed by atoms with van der Waals surface area (Å²) in [5.74, 6) is 0.845. The summed E-state index contributed by atoms with van der Waals surface area (Å²) in [5, 5.41) is 3.04. The van der Waals surface area contributed by atoms with E-state index in [1.165, 1.54) is 0 Å². The van der Waals surface area contributed by atoms with Crippen LogP contribution in [0.2, 0.25) is 0 Å². The summed E-state index contributed by atoms with van der Waals surface area (Å²) in [5.41, 5.74) is 1.92. The zero-order chi connectivity index (χ0) is 14.8. The molecular weight excluding hydrogens is 252 g/mol. The molecular formula is C16H24N2O2. The van der Waals surface area contributed by atoms with Crippen molar-refractivity contribution in [3.63, 3.8) is 0 Å². The van der Waals surface area contributed by atoms with Crippen molar-refractivity contribution >= 4 is 5.91 Å². The normalized spacial score (nSPS) is 21.6. The summed E-state index contributed by atoms with van der Waals surface area (Å²) < 4.78 is 5.34. The van der Waals surface area contributed by atoms with Crippen molar-refractivity contribution in [2.45, 2.75) is 25.2 Å². The van der Waals surface area contributed by atoms with E-state index in [-0.39, 0.29) is 11.3 Å². The summed E-state index contributed by atoms with van der Waals surface area (Å²) in [6.07, 6.45) is 2.03. The summed E-state index contributed by atoms with van der Waals surface area (Å²) in [6, 6.07) is 5.77. The second kappa shape index (κ2) is 5.83. The molecule has 1 aliphatic rings. The van der Waals surface area contributed by atoms with Gasteiger partial charge in [0.1, 0.15) is 5.75 Å². The van der Waals surface area contributed by atoms with E-state index in [1.807, 2.05) is 18.2 Å². The van der Waals surface area contributed by atoms with Crippen molar-refractivity contribution in [2.24, 2.45) is 0 Å². The van der Waals surface area contributed by atoms with Crippen molar-refractivity contribution in [2.75, 3.05) is 34.3 Å². The maximum atomic E-state index is 12.1. The number of hydrogen-bond acceptors (Lipinski definition) is 3. The van der Waals surface area contributed by atoms with Crippen molar-refractivity contribution in [3.05, 3.63) is 29.3 Å². The summed E-state index contributed by atoms with van der Waals surface area (Å²) in [6.45, 7) is 3.90. The van der Waals surface area contributed by atoms with Gasteiger partial charge in [0, 0.05) is 17.5 Å². The number of carbonyl (C=O) groups is 1. The number of benzene rings is 1. The van der Waals surface area contributed by atoms with Gasteiger partial charge in [-0.25, -0.2) is 0 Å². The van der Waals surface area contributed by atoms with Crippen LogP contribution in [0.4, 0.5) is 0 Å². The summed E-state index contributed by atoms with van der Waals surface area (Å²) in [7, 11) is 5.83. The van der Waals surface area contributed by atoms with Crippen molar-refractivity contribution in [1.82, 2.24) is 10.2 Å². The van der Waals surface area contributed by atoms with E-state index in [4.69, 9.17) is 4.74 Å². The number of ether oxygens (including phenoxy) is 1. The maximum absolute atomic E-state index is 12.1. The van der Waals surface area contributed by atoms with Crippen LogP contribution in [0, 0.1) is 0 Å². The molecule has 0 aliphatic carbocycles. The lowest BCUT2D eigenvalue weighted by molar-refractivity contribution is 0.0918. The van der Waals surface area contributed by atoms with Gasteiger partial charge in [-0.15, -0.1) is 0 Å². The number of fused-ring (bicyclic) bond motifs is 1. The second-order valence-corrected chi connectivity index (χ2v) is 5.78. The lowest BCUT2D eigenvalue weighted by atomic mass is 9.71. The van der Waals surface area contributed by atoms with Crippen LogP contribution >= 0.6 is 0 Å². The Kier molecular flexibility index (Phi) is 4.33. The summed E-state index contributed by atoms with van der Waals surface area (Å²) in [4.78, 5) is 14.3. The first kappa shape index (κ1) is 14.9. The van der Waals surface area contributed by atoms with Gasteiger partial charge in [0.05, 0.1) is 7.11 Å². The Morgan fingerprint density at radius 1 is 1.40 bits per heavy atom. The number of carbonyl (C=O) groups excluding carboxylic acids is 1. The maximum Gasteiger partial charge on any atom is 0.251 e. The van der Waals surface area contributed by atoms with Gasteiger partial charge in [-0.2, -0.15) is 0 Å². The van der Waals surface area contributed by atoms with Crippen LogP contribution in [0.15, 0.2) is 18.2 Å². The van der Waals surface area contributed by atoms with Crippen LogP contribution in [0.3, 0.4) is 0 Å². The first-order chi connectivity index (χ1) is 9.52. The molecule has 0 spiro atoms. The highest BCUT2D eigenvalue weighted by atomic mass is 16.5. The zero-order valence-corrected chi connectivity index (χ0v) is 12.8. The van der Waals surface area contributed by atoms with Crippen LogP contribution in [0.25, 0.3) is 0 Å². The summed E-state index contributed by atoms with van der Waals surface area (Å²) >= 11 is 0. The molecule has 1 atom stereocenters. The Bertz CT molecular complexity index is 499. The Balaban J connectivity index is 2.45. The Morgan fingerprint density at radius 2 is 2.15 bits per heavy atom. The lowest BCUT2D eigenvalue weighted by Crippen LogP contribution is -2.47. The minimum Gasteiger partial charge on any atom is -0.497 e. The molecule has 0 bridgehead atoms. The lowest BCUT2D eigenvalue weighted by Gasteiger charge is -2.39. The molecule has 1 N–H and O–H groups in total. The van der Waals surface area contributed by atoms with Crippen LogP contribution in [0.5, 0.6) is 5.75 Å². The van der Waals surface area contributed by atoms with Crippen molar-refractivity contribution < 1.29 is 9.53 Å². The van der Waals surface area contributed by atoms with Gasteiger partial charge in [0.15, 0.2) is 0 Å². The Hall–Kier alpha value is -1.55. The third-order valence-electron chi connectivity index (χ3n) is 4.34. The van der Waals surface area contributed by atoms with E-state index < -0.39 is 0 Å². The SMILES string of the molecule is CCC1(CCN(C)C)CNC(=O)c2ccc(OC)cc21.